The van der Waals surface area contributed by atoms with E-state index in [0.717, 1.165) is 5.56 Å². The summed E-state index contributed by atoms with van der Waals surface area (Å²) in [5.41, 5.74) is 2.05. The van der Waals surface area contributed by atoms with Gasteiger partial charge in [-0.25, -0.2) is 8.42 Å². The lowest BCUT2D eigenvalue weighted by Gasteiger charge is -2.19. The van der Waals surface area contributed by atoms with Crippen LogP contribution in [0.25, 0.3) is 0 Å². The molecule has 0 aromatic heterocycles. The highest BCUT2D eigenvalue weighted by molar-refractivity contribution is 8.00. The number of methoxy groups -OCH3 is 1. The van der Waals surface area contributed by atoms with Crippen LogP contribution in [0.3, 0.4) is 0 Å². The monoisotopic (exact) mass is 434 g/mol. The van der Waals surface area contributed by atoms with Crippen LogP contribution < -0.4 is 15.4 Å². The van der Waals surface area contributed by atoms with Crippen LogP contribution in [0.1, 0.15) is 18.9 Å². The quantitative estimate of drug-likeness (QED) is 0.724. The first-order valence-electron chi connectivity index (χ1n) is 8.96. The standard InChI is InChI=1S/C20H22N2O5S2/c1-12-4-7-17(27-3)16(8-12)22-19(23)9-13(2)29(25,26)14-5-6-15-18(10-14)28-11-20(24)21-15/h4-8,10,13H,9,11H2,1-3H3,(H,21,24)(H,22,23). The zero-order valence-corrected chi connectivity index (χ0v) is 17.9. The first-order chi connectivity index (χ1) is 13.7. The maximum atomic E-state index is 12.9. The van der Waals surface area contributed by atoms with E-state index in [1.165, 1.54) is 31.9 Å². The number of fused-ring (bicyclic) bond motifs is 1. The zero-order valence-electron chi connectivity index (χ0n) is 16.3. The minimum Gasteiger partial charge on any atom is -0.495 e. The van der Waals surface area contributed by atoms with Crippen molar-refractivity contribution in [3.05, 3.63) is 42.0 Å². The number of carbonyl (C=O) groups excluding carboxylic acids is 2. The van der Waals surface area contributed by atoms with Crippen molar-refractivity contribution in [3.63, 3.8) is 0 Å². The van der Waals surface area contributed by atoms with Crippen LogP contribution in [0.4, 0.5) is 11.4 Å². The molecule has 0 bridgehead atoms. The number of sulfone groups is 1. The smallest absolute Gasteiger partial charge is 0.234 e. The Morgan fingerprint density at radius 2 is 2.03 bits per heavy atom. The summed E-state index contributed by atoms with van der Waals surface area (Å²) in [6.45, 7) is 3.40. The number of thioether (sulfide) groups is 1. The molecular weight excluding hydrogens is 412 g/mol. The summed E-state index contributed by atoms with van der Waals surface area (Å²) in [6.07, 6.45) is -0.194. The summed E-state index contributed by atoms with van der Waals surface area (Å²) in [7, 11) is -2.21. The predicted octanol–water partition coefficient (Wildman–Crippen LogP) is 3.24. The lowest BCUT2D eigenvalue weighted by Crippen LogP contribution is -2.25. The van der Waals surface area contributed by atoms with Crippen LogP contribution in [-0.4, -0.2) is 38.3 Å². The highest BCUT2D eigenvalue weighted by atomic mass is 32.2. The zero-order chi connectivity index (χ0) is 21.2. The van der Waals surface area contributed by atoms with Crippen molar-refractivity contribution >= 4 is 44.8 Å². The van der Waals surface area contributed by atoms with Gasteiger partial charge in [-0.3, -0.25) is 9.59 Å². The van der Waals surface area contributed by atoms with E-state index in [4.69, 9.17) is 4.74 Å². The van der Waals surface area contributed by atoms with E-state index in [1.54, 1.807) is 24.3 Å². The highest BCUT2D eigenvalue weighted by Gasteiger charge is 2.28. The fraction of sp³-hybridized carbons (Fsp3) is 0.300. The van der Waals surface area contributed by atoms with Gasteiger partial charge in [0.05, 0.1) is 34.4 Å². The Morgan fingerprint density at radius 1 is 1.28 bits per heavy atom. The minimum atomic E-state index is -3.72. The number of nitrogens with one attached hydrogen (secondary N) is 2. The van der Waals surface area contributed by atoms with Crippen molar-refractivity contribution in [2.24, 2.45) is 0 Å². The van der Waals surface area contributed by atoms with Crippen LogP contribution >= 0.6 is 11.8 Å². The van der Waals surface area contributed by atoms with E-state index in [2.05, 4.69) is 10.6 Å². The maximum Gasteiger partial charge on any atom is 0.234 e. The molecule has 2 aromatic rings. The van der Waals surface area contributed by atoms with Gasteiger partial charge in [-0.15, -0.1) is 11.8 Å². The van der Waals surface area contributed by atoms with E-state index < -0.39 is 21.0 Å². The molecule has 0 saturated carbocycles. The molecule has 2 amide bonds. The first kappa shape index (κ1) is 21.2. The number of carbonyl (C=O) groups is 2. The van der Waals surface area contributed by atoms with Crippen LogP contribution in [0.2, 0.25) is 0 Å². The predicted molar refractivity (Wildman–Crippen MR) is 113 cm³/mol. The first-order valence-corrected chi connectivity index (χ1v) is 11.5. The van der Waals surface area contributed by atoms with Gasteiger partial charge in [-0.2, -0.15) is 0 Å². The third-order valence-electron chi connectivity index (χ3n) is 4.55. The molecule has 154 valence electrons. The molecular formula is C20H22N2O5S2. The van der Waals surface area contributed by atoms with Gasteiger partial charge in [0, 0.05) is 11.3 Å². The Kier molecular flexibility index (Phi) is 6.18. The van der Waals surface area contributed by atoms with Crippen molar-refractivity contribution in [3.8, 4) is 5.75 Å². The van der Waals surface area contributed by atoms with E-state index in [0.29, 0.717) is 22.0 Å². The molecule has 9 heteroatoms. The van der Waals surface area contributed by atoms with Gasteiger partial charge in [0.1, 0.15) is 5.75 Å². The van der Waals surface area contributed by atoms with Crippen LogP contribution in [0, 0.1) is 6.92 Å². The van der Waals surface area contributed by atoms with Gasteiger partial charge in [0.25, 0.3) is 0 Å². The van der Waals surface area contributed by atoms with Gasteiger partial charge in [-0.1, -0.05) is 6.07 Å². The van der Waals surface area contributed by atoms with Crippen LogP contribution in [-0.2, 0) is 19.4 Å². The number of rotatable bonds is 6. The molecule has 1 unspecified atom stereocenters. The van der Waals surface area contributed by atoms with Gasteiger partial charge in [0.15, 0.2) is 9.84 Å². The largest absolute Gasteiger partial charge is 0.495 e. The number of benzene rings is 2. The van der Waals surface area contributed by atoms with Crippen LogP contribution in [0.5, 0.6) is 5.75 Å². The normalized spacial score (nSPS) is 14.5. The number of amides is 2. The van der Waals surface area contributed by atoms with E-state index in [9.17, 15) is 18.0 Å². The molecule has 7 nitrogen and oxygen atoms in total. The summed E-state index contributed by atoms with van der Waals surface area (Å²) in [4.78, 5) is 24.8. The Hall–Kier alpha value is -2.52. The second-order valence-electron chi connectivity index (χ2n) is 6.81. The highest BCUT2D eigenvalue weighted by Crippen LogP contribution is 2.34. The SMILES string of the molecule is COc1ccc(C)cc1NC(=O)CC(C)S(=O)(=O)c1ccc2c(c1)SCC(=O)N2. The lowest BCUT2D eigenvalue weighted by atomic mass is 10.2. The number of hydrogen-bond acceptors (Lipinski definition) is 6. The summed E-state index contributed by atoms with van der Waals surface area (Å²) >= 11 is 1.29. The van der Waals surface area contributed by atoms with Gasteiger partial charge < -0.3 is 15.4 Å². The van der Waals surface area contributed by atoms with Crippen molar-refractivity contribution in [1.82, 2.24) is 0 Å². The molecule has 1 heterocycles. The van der Waals surface area contributed by atoms with Crippen molar-refractivity contribution < 1.29 is 22.7 Å². The Labute approximate surface area is 174 Å². The van der Waals surface area contributed by atoms with Crippen LogP contribution in [0.15, 0.2) is 46.2 Å². The third kappa shape index (κ3) is 4.73. The van der Waals surface area contributed by atoms with Crippen molar-refractivity contribution in [2.45, 2.75) is 35.3 Å². The van der Waals surface area contributed by atoms with E-state index in [-0.39, 0.29) is 23.0 Å². The molecule has 2 N–H and O–H groups in total. The number of hydrogen-bond donors (Lipinski definition) is 2. The molecule has 0 fully saturated rings. The summed E-state index contributed by atoms with van der Waals surface area (Å²) in [6, 6.07) is 9.96. The number of aryl methyl sites for hydroxylation is 1. The molecule has 29 heavy (non-hydrogen) atoms. The minimum absolute atomic E-state index is 0.116. The number of ether oxygens (including phenoxy) is 1. The topological polar surface area (TPSA) is 102 Å². The Morgan fingerprint density at radius 3 is 2.76 bits per heavy atom. The molecule has 0 saturated heterocycles. The molecule has 2 aromatic carbocycles. The number of anilines is 2. The van der Waals surface area contributed by atoms with Crippen molar-refractivity contribution in [2.75, 3.05) is 23.5 Å². The molecule has 0 spiro atoms. The Bertz CT molecular complexity index is 1070. The Balaban J connectivity index is 1.74. The molecule has 1 aliphatic heterocycles. The van der Waals surface area contributed by atoms with Gasteiger partial charge in [0.2, 0.25) is 11.8 Å². The van der Waals surface area contributed by atoms with Gasteiger partial charge >= 0.3 is 0 Å². The average Bonchev–Trinajstić information content (AvgIpc) is 2.67. The fourth-order valence-electron chi connectivity index (χ4n) is 2.96. The fourth-order valence-corrected chi connectivity index (χ4v) is 5.25. The summed E-state index contributed by atoms with van der Waals surface area (Å²) in [5, 5.41) is 4.53. The van der Waals surface area contributed by atoms with Crippen molar-refractivity contribution in [1.29, 1.82) is 0 Å². The second-order valence-corrected chi connectivity index (χ2v) is 10.2. The van der Waals surface area contributed by atoms with E-state index >= 15 is 0 Å². The summed E-state index contributed by atoms with van der Waals surface area (Å²) in [5.74, 6) is 0.222. The van der Waals surface area contributed by atoms with Gasteiger partial charge in [-0.05, 0) is 49.7 Å². The third-order valence-corrected chi connectivity index (χ3v) is 7.74. The summed E-state index contributed by atoms with van der Waals surface area (Å²) < 4.78 is 31.1. The molecule has 0 aliphatic carbocycles. The second kappa shape index (κ2) is 8.46. The molecule has 0 radical (unpaired) electrons. The molecule has 1 atom stereocenters. The van der Waals surface area contributed by atoms with E-state index in [1.807, 2.05) is 13.0 Å². The maximum absolute atomic E-state index is 12.9. The lowest BCUT2D eigenvalue weighted by molar-refractivity contribution is -0.116. The molecule has 3 rings (SSSR count). The molecule has 1 aliphatic rings. The average molecular weight is 435 g/mol.